The third-order valence-corrected chi connectivity index (χ3v) is 5.02. The maximum absolute atomic E-state index is 12.3. The maximum Gasteiger partial charge on any atom is 0.255 e. The van der Waals surface area contributed by atoms with Crippen LogP contribution < -0.4 is 22.6 Å². The molecule has 2 aliphatic heterocycles. The minimum atomic E-state index is -1.28. The Labute approximate surface area is 167 Å². The summed E-state index contributed by atoms with van der Waals surface area (Å²) in [5, 5.41) is 30.7. The molecule has 3 rings (SSSR count). The number of carbonyl (C=O) groups is 1. The van der Waals surface area contributed by atoms with Gasteiger partial charge in [-0.1, -0.05) is 6.42 Å². The van der Waals surface area contributed by atoms with E-state index in [4.69, 9.17) is 21.9 Å². The van der Waals surface area contributed by atoms with Crippen LogP contribution in [-0.2, 0) is 9.53 Å². The van der Waals surface area contributed by atoms with Crippen molar-refractivity contribution in [3.8, 4) is 0 Å². The summed E-state index contributed by atoms with van der Waals surface area (Å²) in [5.41, 5.74) is 20.4. The molecule has 1 aromatic rings. The topological polar surface area (TPSA) is 210 Å². The van der Waals surface area contributed by atoms with Gasteiger partial charge in [-0.15, -0.1) is 0 Å². The van der Waals surface area contributed by atoms with Crippen molar-refractivity contribution in [2.45, 2.75) is 56.0 Å². The molecule has 1 saturated heterocycles. The molecule has 29 heavy (non-hydrogen) atoms. The second-order valence-electron chi connectivity index (χ2n) is 7.05. The van der Waals surface area contributed by atoms with Crippen LogP contribution in [0.4, 0.5) is 5.82 Å². The standard InChI is InChI=1S/C16H28N8O5/c17-4-2-1-3-8(18)15(28)22-24-7-21-14-10(13(24)19)20-6-23(14)16-12(27)11(26)9(5-25)29-16/h6-9,11-13,16,25-27H,1-5,17-19H2,(H,22,28)/t8-,9+,11?,12?,13?,16+/m0/s1. The van der Waals surface area contributed by atoms with E-state index in [0.29, 0.717) is 24.5 Å². The first-order chi connectivity index (χ1) is 13.9. The van der Waals surface area contributed by atoms with Crippen LogP contribution in [0.15, 0.2) is 11.3 Å². The Bertz CT molecular complexity index is 743. The first-order valence-corrected chi connectivity index (χ1v) is 9.42. The molecule has 0 spiro atoms. The number of aliphatic imine (C=N–C) groups is 1. The molecule has 2 aliphatic rings. The molecule has 10 N–H and O–H groups in total. The molecule has 13 nitrogen and oxygen atoms in total. The van der Waals surface area contributed by atoms with Crippen molar-refractivity contribution >= 4 is 18.1 Å². The average Bonchev–Trinajstić information content (AvgIpc) is 3.26. The van der Waals surface area contributed by atoms with Crippen molar-refractivity contribution in [1.29, 1.82) is 0 Å². The molecule has 0 radical (unpaired) electrons. The van der Waals surface area contributed by atoms with E-state index in [2.05, 4.69) is 15.4 Å². The number of hydrogen-bond donors (Lipinski definition) is 7. The van der Waals surface area contributed by atoms with Crippen molar-refractivity contribution in [3.05, 3.63) is 12.0 Å². The molecular weight excluding hydrogens is 384 g/mol. The molecule has 3 unspecified atom stereocenters. The number of carbonyl (C=O) groups excluding carboxylic acids is 1. The average molecular weight is 412 g/mol. The number of aliphatic hydroxyl groups is 3. The van der Waals surface area contributed by atoms with Gasteiger partial charge in [0, 0.05) is 0 Å². The van der Waals surface area contributed by atoms with Crippen molar-refractivity contribution < 1.29 is 24.9 Å². The number of hydrazine groups is 1. The predicted octanol–water partition coefficient (Wildman–Crippen LogP) is -3.09. The van der Waals surface area contributed by atoms with Gasteiger partial charge in [0.05, 0.1) is 19.0 Å². The summed E-state index contributed by atoms with van der Waals surface area (Å²) >= 11 is 0. The second kappa shape index (κ2) is 9.13. The Morgan fingerprint density at radius 1 is 1.34 bits per heavy atom. The van der Waals surface area contributed by atoms with Crippen LogP contribution in [0.25, 0.3) is 0 Å². The van der Waals surface area contributed by atoms with Gasteiger partial charge in [-0.25, -0.2) is 9.98 Å². The quantitative estimate of drug-likeness (QED) is 0.214. The third-order valence-electron chi connectivity index (χ3n) is 5.02. The smallest absolute Gasteiger partial charge is 0.255 e. The number of nitrogens with zero attached hydrogens (tertiary/aromatic N) is 4. The molecule has 162 valence electrons. The molecule has 13 heteroatoms. The van der Waals surface area contributed by atoms with E-state index in [9.17, 15) is 20.1 Å². The summed E-state index contributed by atoms with van der Waals surface area (Å²) in [6.07, 6.45) is -0.580. The number of unbranched alkanes of at least 4 members (excludes halogenated alkanes) is 1. The molecule has 0 aromatic carbocycles. The van der Waals surface area contributed by atoms with Crippen LogP contribution >= 0.6 is 0 Å². The van der Waals surface area contributed by atoms with Gasteiger partial charge in [-0.2, -0.15) is 0 Å². The van der Waals surface area contributed by atoms with Gasteiger partial charge < -0.3 is 37.3 Å². The number of imidazole rings is 1. The van der Waals surface area contributed by atoms with Crippen LogP contribution in [0, 0.1) is 0 Å². The first-order valence-electron chi connectivity index (χ1n) is 9.42. The highest BCUT2D eigenvalue weighted by molar-refractivity contribution is 5.83. The van der Waals surface area contributed by atoms with E-state index in [1.807, 2.05) is 0 Å². The Balaban J connectivity index is 1.69. The number of aliphatic hydroxyl groups excluding tert-OH is 3. The number of hydrogen-bond acceptors (Lipinski definition) is 11. The number of rotatable bonds is 8. The van der Waals surface area contributed by atoms with Crippen molar-refractivity contribution in [3.63, 3.8) is 0 Å². The third kappa shape index (κ3) is 4.25. The monoisotopic (exact) mass is 412 g/mol. The van der Waals surface area contributed by atoms with Crippen LogP contribution in [0.1, 0.15) is 37.4 Å². The second-order valence-corrected chi connectivity index (χ2v) is 7.05. The minimum Gasteiger partial charge on any atom is -0.394 e. The molecule has 0 bridgehead atoms. The SMILES string of the molecule is NCCCC[C@H](N)C(=O)NN1C=Nc2c(ncn2[C@@H]2O[C@H](CO)C(O)C2O)C1N. The summed E-state index contributed by atoms with van der Waals surface area (Å²) < 4.78 is 6.92. The Morgan fingerprint density at radius 2 is 2.10 bits per heavy atom. The van der Waals surface area contributed by atoms with Gasteiger partial charge in [-0.3, -0.25) is 19.8 Å². The summed E-state index contributed by atoms with van der Waals surface area (Å²) in [4.78, 5) is 20.7. The van der Waals surface area contributed by atoms with Gasteiger partial charge in [0.15, 0.2) is 12.0 Å². The largest absolute Gasteiger partial charge is 0.394 e. The number of nitrogens with one attached hydrogen (secondary N) is 1. The van der Waals surface area contributed by atoms with E-state index in [-0.39, 0.29) is 0 Å². The van der Waals surface area contributed by atoms with E-state index in [1.165, 1.54) is 22.2 Å². The van der Waals surface area contributed by atoms with Crippen LogP contribution in [0.3, 0.4) is 0 Å². The first kappa shape index (κ1) is 21.6. The molecule has 0 saturated carbocycles. The fraction of sp³-hybridized carbons (Fsp3) is 0.688. The lowest BCUT2D eigenvalue weighted by Gasteiger charge is -2.30. The Morgan fingerprint density at radius 3 is 2.76 bits per heavy atom. The summed E-state index contributed by atoms with van der Waals surface area (Å²) in [7, 11) is 0. The number of ether oxygens (including phenoxy) is 1. The van der Waals surface area contributed by atoms with Crippen LogP contribution in [0.5, 0.6) is 0 Å². The van der Waals surface area contributed by atoms with E-state index < -0.39 is 49.3 Å². The minimum absolute atomic E-state index is 0.310. The van der Waals surface area contributed by atoms with Crippen molar-refractivity contribution in [1.82, 2.24) is 20.0 Å². The van der Waals surface area contributed by atoms with Gasteiger partial charge in [0.25, 0.3) is 5.91 Å². The summed E-state index contributed by atoms with van der Waals surface area (Å²) in [6.45, 7) is 0.0959. The van der Waals surface area contributed by atoms with Crippen LogP contribution in [0.2, 0.25) is 0 Å². The molecule has 1 amide bonds. The number of nitrogens with two attached hydrogens (primary N) is 3. The van der Waals surface area contributed by atoms with E-state index >= 15 is 0 Å². The lowest BCUT2D eigenvalue weighted by atomic mass is 10.1. The molecule has 0 aliphatic carbocycles. The lowest BCUT2D eigenvalue weighted by molar-refractivity contribution is -0.126. The van der Waals surface area contributed by atoms with Gasteiger partial charge >= 0.3 is 0 Å². The molecule has 3 heterocycles. The lowest BCUT2D eigenvalue weighted by Crippen LogP contribution is -2.52. The highest BCUT2D eigenvalue weighted by Crippen LogP contribution is 2.36. The summed E-state index contributed by atoms with van der Waals surface area (Å²) in [6, 6.07) is -0.708. The van der Waals surface area contributed by atoms with Gasteiger partial charge in [0.2, 0.25) is 0 Å². The molecular formula is C16H28N8O5. The molecule has 6 atom stereocenters. The fourth-order valence-corrected chi connectivity index (χ4v) is 3.28. The van der Waals surface area contributed by atoms with Crippen molar-refractivity contribution in [2.75, 3.05) is 13.2 Å². The number of aromatic nitrogens is 2. The van der Waals surface area contributed by atoms with Crippen molar-refractivity contribution in [2.24, 2.45) is 22.2 Å². The predicted molar refractivity (Wildman–Crippen MR) is 101 cm³/mol. The van der Waals surface area contributed by atoms with Gasteiger partial charge in [0.1, 0.15) is 36.5 Å². The molecule has 1 aromatic heterocycles. The van der Waals surface area contributed by atoms with Gasteiger partial charge in [-0.05, 0) is 19.4 Å². The number of amides is 1. The van der Waals surface area contributed by atoms with E-state index in [1.54, 1.807) is 0 Å². The normalized spacial score (nSPS) is 29.7. The Kier molecular flexibility index (Phi) is 6.79. The highest BCUT2D eigenvalue weighted by atomic mass is 16.6. The van der Waals surface area contributed by atoms with E-state index in [0.717, 1.165) is 12.8 Å². The highest BCUT2D eigenvalue weighted by Gasteiger charge is 2.45. The zero-order valence-corrected chi connectivity index (χ0v) is 15.8. The maximum atomic E-state index is 12.3. The Hall–Kier alpha value is -2.13. The molecule has 1 fully saturated rings. The zero-order valence-electron chi connectivity index (χ0n) is 15.8. The van der Waals surface area contributed by atoms with Crippen LogP contribution in [-0.4, -0.2) is 79.6 Å². The zero-order chi connectivity index (χ0) is 21.1. The summed E-state index contributed by atoms with van der Waals surface area (Å²) in [5.74, 6) is -0.0969. The number of fused-ring (bicyclic) bond motifs is 1. The fourth-order valence-electron chi connectivity index (χ4n) is 3.28.